The number of hydrogen-bond donors (Lipinski definition) is 3. The maximum atomic E-state index is 12.8. The summed E-state index contributed by atoms with van der Waals surface area (Å²) in [7, 11) is 2.08. The lowest BCUT2D eigenvalue weighted by atomic mass is 10.0. The standard InChI is InChI=1S/C19H23N5O4/c1-23-7-6-20-9-12(23)10-21-11-2-3-13-14(8-11)19(28)24(18(13)27)15-4-5-16(25)22-17(15)26/h2-3,8,12,15,20-21H,4-7,9-10H2,1H3,(H,22,25,26). The van der Waals surface area contributed by atoms with Gasteiger partial charge < -0.3 is 10.6 Å². The first kappa shape index (κ1) is 18.6. The molecule has 1 aromatic rings. The molecule has 0 radical (unpaired) electrons. The van der Waals surface area contributed by atoms with Crippen LogP contribution in [0.25, 0.3) is 0 Å². The average molecular weight is 385 g/mol. The summed E-state index contributed by atoms with van der Waals surface area (Å²) in [5.41, 5.74) is 1.33. The van der Waals surface area contributed by atoms with Gasteiger partial charge in [-0.1, -0.05) is 0 Å². The molecule has 0 aromatic heterocycles. The number of fused-ring (bicyclic) bond motifs is 1. The maximum Gasteiger partial charge on any atom is 0.262 e. The Morgan fingerprint density at radius 2 is 1.93 bits per heavy atom. The fourth-order valence-electron chi connectivity index (χ4n) is 3.91. The monoisotopic (exact) mass is 385 g/mol. The van der Waals surface area contributed by atoms with Gasteiger partial charge in [0.25, 0.3) is 11.8 Å². The molecular weight excluding hydrogens is 362 g/mol. The number of likely N-dealkylation sites (N-methyl/N-ethyl adjacent to an activating group) is 1. The molecule has 3 aliphatic rings. The fraction of sp³-hybridized carbons (Fsp3) is 0.474. The van der Waals surface area contributed by atoms with Gasteiger partial charge in [-0.2, -0.15) is 0 Å². The highest BCUT2D eigenvalue weighted by Crippen LogP contribution is 2.29. The lowest BCUT2D eigenvalue weighted by molar-refractivity contribution is -0.136. The van der Waals surface area contributed by atoms with E-state index in [0.29, 0.717) is 12.6 Å². The Balaban J connectivity index is 1.49. The number of carbonyl (C=O) groups excluding carboxylic acids is 4. The van der Waals surface area contributed by atoms with Crippen LogP contribution in [0.15, 0.2) is 18.2 Å². The number of anilines is 1. The van der Waals surface area contributed by atoms with Crippen LogP contribution in [0.2, 0.25) is 0 Å². The van der Waals surface area contributed by atoms with Crippen LogP contribution in [0.4, 0.5) is 5.69 Å². The zero-order valence-electron chi connectivity index (χ0n) is 15.7. The van der Waals surface area contributed by atoms with E-state index in [4.69, 9.17) is 0 Å². The van der Waals surface area contributed by atoms with Crippen LogP contribution < -0.4 is 16.0 Å². The number of rotatable bonds is 4. The van der Waals surface area contributed by atoms with Gasteiger partial charge in [0, 0.05) is 44.3 Å². The lowest BCUT2D eigenvalue weighted by Gasteiger charge is -2.33. The van der Waals surface area contributed by atoms with Gasteiger partial charge in [0.15, 0.2) is 0 Å². The second-order valence-electron chi connectivity index (χ2n) is 7.43. The third kappa shape index (κ3) is 3.27. The molecule has 4 rings (SSSR count). The van der Waals surface area contributed by atoms with Crippen molar-refractivity contribution >= 4 is 29.3 Å². The molecule has 0 saturated carbocycles. The molecule has 3 N–H and O–H groups in total. The Hall–Kier alpha value is -2.78. The van der Waals surface area contributed by atoms with E-state index in [1.807, 2.05) is 0 Å². The van der Waals surface area contributed by atoms with Crippen LogP contribution in [0.1, 0.15) is 33.6 Å². The summed E-state index contributed by atoms with van der Waals surface area (Å²) in [5, 5.41) is 8.89. The summed E-state index contributed by atoms with van der Waals surface area (Å²) in [6, 6.07) is 4.45. The van der Waals surface area contributed by atoms with Crippen molar-refractivity contribution < 1.29 is 19.2 Å². The van der Waals surface area contributed by atoms with Crippen molar-refractivity contribution in [2.45, 2.75) is 24.9 Å². The Morgan fingerprint density at radius 1 is 1.14 bits per heavy atom. The molecule has 2 fully saturated rings. The van der Waals surface area contributed by atoms with Crippen molar-refractivity contribution in [2.24, 2.45) is 0 Å². The fourth-order valence-corrected chi connectivity index (χ4v) is 3.91. The average Bonchev–Trinajstić information content (AvgIpc) is 2.92. The minimum atomic E-state index is -0.941. The molecule has 1 aromatic carbocycles. The topological polar surface area (TPSA) is 111 Å². The van der Waals surface area contributed by atoms with Crippen molar-refractivity contribution in [1.29, 1.82) is 0 Å². The van der Waals surface area contributed by atoms with Crippen molar-refractivity contribution in [3.8, 4) is 0 Å². The molecule has 3 heterocycles. The zero-order valence-corrected chi connectivity index (χ0v) is 15.7. The number of imide groups is 2. The number of piperazine rings is 1. The van der Waals surface area contributed by atoms with Crippen LogP contribution in [0.5, 0.6) is 0 Å². The van der Waals surface area contributed by atoms with Crippen molar-refractivity contribution in [3.05, 3.63) is 29.3 Å². The summed E-state index contributed by atoms with van der Waals surface area (Å²) in [4.78, 5) is 52.2. The maximum absolute atomic E-state index is 12.8. The van der Waals surface area contributed by atoms with Gasteiger partial charge >= 0.3 is 0 Å². The van der Waals surface area contributed by atoms with E-state index in [0.717, 1.165) is 30.2 Å². The van der Waals surface area contributed by atoms with Gasteiger partial charge in [-0.05, 0) is 31.7 Å². The van der Waals surface area contributed by atoms with Crippen LogP contribution >= 0.6 is 0 Å². The van der Waals surface area contributed by atoms with Crippen molar-refractivity contribution in [3.63, 3.8) is 0 Å². The van der Waals surface area contributed by atoms with Gasteiger partial charge in [0.1, 0.15) is 6.04 Å². The van der Waals surface area contributed by atoms with E-state index in [9.17, 15) is 19.2 Å². The minimum Gasteiger partial charge on any atom is -0.383 e. The minimum absolute atomic E-state index is 0.111. The molecular formula is C19H23N5O4. The van der Waals surface area contributed by atoms with E-state index in [-0.39, 0.29) is 29.9 Å². The Kier molecular flexibility index (Phi) is 4.86. The first-order valence-electron chi connectivity index (χ1n) is 9.46. The second-order valence-corrected chi connectivity index (χ2v) is 7.43. The molecule has 28 heavy (non-hydrogen) atoms. The Labute approximate surface area is 162 Å². The SMILES string of the molecule is CN1CCNCC1CNc1ccc2c(c1)C(=O)N(C1CCC(=O)NC1=O)C2=O. The van der Waals surface area contributed by atoms with E-state index >= 15 is 0 Å². The molecule has 9 nitrogen and oxygen atoms in total. The normalized spacial score (nSPS) is 25.7. The van der Waals surface area contributed by atoms with Gasteiger partial charge in [-0.25, -0.2) is 0 Å². The molecule has 9 heteroatoms. The van der Waals surface area contributed by atoms with Gasteiger partial charge in [-0.15, -0.1) is 0 Å². The molecule has 148 valence electrons. The molecule has 0 spiro atoms. The quantitative estimate of drug-likeness (QED) is 0.594. The zero-order chi connectivity index (χ0) is 19.8. The summed E-state index contributed by atoms with van der Waals surface area (Å²) in [6.07, 6.45) is 0.266. The first-order valence-corrected chi connectivity index (χ1v) is 9.46. The van der Waals surface area contributed by atoms with E-state index in [1.54, 1.807) is 18.2 Å². The highest BCUT2D eigenvalue weighted by atomic mass is 16.2. The molecule has 0 aliphatic carbocycles. The number of carbonyl (C=O) groups is 4. The molecule has 2 saturated heterocycles. The van der Waals surface area contributed by atoms with Crippen LogP contribution in [0.3, 0.4) is 0 Å². The second kappa shape index (κ2) is 7.33. The Bertz CT molecular complexity index is 855. The van der Waals surface area contributed by atoms with Crippen LogP contribution in [-0.4, -0.2) is 78.7 Å². The number of amides is 4. The predicted molar refractivity (Wildman–Crippen MR) is 101 cm³/mol. The molecule has 4 amide bonds. The molecule has 2 atom stereocenters. The predicted octanol–water partition coefficient (Wildman–Crippen LogP) is -0.597. The third-order valence-corrected chi connectivity index (χ3v) is 5.63. The summed E-state index contributed by atoms with van der Waals surface area (Å²) < 4.78 is 0. The largest absolute Gasteiger partial charge is 0.383 e. The third-order valence-electron chi connectivity index (χ3n) is 5.63. The smallest absolute Gasteiger partial charge is 0.262 e. The molecule has 3 aliphatic heterocycles. The first-order chi connectivity index (χ1) is 13.5. The van der Waals surface area contributed by atoms with Gasteiger partial charge in [0.2, 0.25) is 11.8 Å². The lowest BCUT2D eigenvalue weighted by Crippen LogP contribution is -2.54. The van der Waals surface area contributed by atoms with E-state index in [2.05, 4.69) is 27.9 Å². The number of hydrogen-bond acceptors (Lipinski definition) is 7. The van der Waals surface area contributed by atoms with E-state index in [1.165, 1.54) is 0 Å². The summed E-state index contributed by atoms with van der Waals surface area (Å²) in [5.74, 6) is -1.96. The number of piperidine rings is 1. The molecule has 0 bridgehead atoms. The highest BCUT2D eigenvalue weighted by Gasteiger charge is 2.44. The van der Waals surface area contributed by atoms with E-state index < -0.39 is 23.8 Å². The number of nitrogens with one attached hydrogen (secondary N) is 3. The number of nitrogens with zero attached hydrogens (tertiary/aromatic N) is 2. The summed E-state index contributed by atoms with van der Waals surface area (Å²) in [6.45, 7) is 3.54. The molecule has 2 unspecified atom stereocenters. The van der Waals surface area contributed by atoms with Crippen molar-refractivity contribution in [2.75, 3.05) is 38.5 Å². The van der Waals surface area contributed by atoms with Crippen LogP contribution in [-0.2, 0) is 9.59 Å². The summed E-state index contributed by atoms with van der Waals surface area (Å²) >= 11 is 0. The highest BCUT2D eigenvalue weighted by molar-refractivity contribution is 6.23. The number of benzene rings is 1. The van der Waals surface area contributed by atoms with Crippen molar-refractivity contribution in [1.82, 2.24) is 20.4 Å². The Morgan fingerprint density at radius 3 is 2.68 bits per heavy atom. The van der Waals surface area contributed by atoms with Crippen LogP contribution in [0, 0.1) is 0 Å². The van der Waals surface area contributed by atoms with Gasteiger partial charge in [-0.3, -0.25) is 34.3 Å². The van der Waals surface area contributed by atoms with Gasteiger partial charge in [0.05, 0.1) is 11.1 Å².